The van der Waals surface area contributed by atoms with Gasteiger partial charge in [-0.1, -0.05) is 6.92 Å². The van der Waals surface area contributed by atoms with Crippen LogP contribution in [0.15, 0.2) is 18.2 Å². The molecule has 1 aromatic carbocycles. The van der Waals surface area contributed by atoms with Crippen molar-refractivity contribution < 1.29 is 4.79 Å². The van der Waals surface area contributed by atoms with E-state index in [4.69, 9.17) is 5.73 Å². The predicted octanol–water partition coefficient (Wildman–Crippen LogP) is 1.86. The van der Waals surface area contributed by atoms with Gasteiger partial charge in [0.1, 0.15) is 0 Å². The molecule has 1 atom stereocenters. The lowest BCUT2D eigenvalue weighted by Gasteiger charge is -2.27. The average Bonchev–Trinajstić information content (AvgIpc) is 2.35. The molecule has 0 saturated heterocycles. The molecule has 1 aromatic rings. The van der Waals surface area contributed by atoms with Gasteiger partial charge >= 0.3 is 0 Å². The quantitative estimate of drug-likeness (QED) is 0.783. The summed E-state index contributed by atoms with van der Waals surface area (Å²) in [4.78, 5) is 13.6. The second kappa shape index (κ2) is 5.57. The summed E-state index contributed by atoms with van der Waals surface area (Å²) < 4.78 is 0. The summed E-state index contributed by atoms with van der Waals surface area (Å²) in [5, 5.41) is 2.58. The Hall–Kier alpha value is -1.71. The second-order valence-electron chi connectivity index (χ2n) is 4.22. The van der Waals surface area contributed by atoms with Gasteiger partial charge in [-0.05, 0) is 31.5 Å². The van der Waals surface area contributed by atoms with E-state index in [9.17, 15) is 4.79 Å². The van der Waals surface area contributed by atoms with Crippen LogP contribution in [0.25, 0.3) is 0 Å². The van der Waals surface area contributed by atoms with E-state index in [0.717, 1.165) is 12.1 Å². The zero-order valence-electron chi connectivity index (χ0n) is 10.9. The van der Waals surface area contributed by atoms with Crippen LogP contribution >= 0.6 is 0 Å². The number of carbonyl (C=O) groups is 1. The molecule has 1 amide bonds. The highest BCUT2D eigenvalue weighted by atomic mass is 16.1. The molecule has 4 nitrogen and oxygen atoms in total. The van der Waals surface area contributed by atoms with Crippen molar-refractivity contribution in [3.05, 3.63) is 23.8 Å². The van der Waals surface area contributed by atoms with Crippen molar-refractivity contribution in [2.24, 2.45) is 0 Å². The number of hydrogen-bond donors (Lipinski definition) is 2. The third-order valence-corrected chi connectivity index (χ3v) is 3.15. The average molecular weight is 235 g/mol. The molecule has 0 aliphatic heterocycles. The van der Waals surface area contributed by atoms with Gasteiger partial charge in [-0.2, -0.15) is 0 Å². The maximum absolute atomic E-state index is 11.5. The second-order valence-corrected chi connectivity index (χ2v) is 4.22. The van der Waals surface area contributed by atoms with Crippen LogP contribution < -0.4 is 16.0 Å². The van der Waals surface area contributed by atoms with E-state index in [0.29, 0.717) is 17.3 Å². The summed E-state index contributed by atoms with van der Waals surface area (Å²) in [7, 11) is 3.62. The van der Waals surface area contributed by atoms with Crippen molar-refractivity contribution in [3.63, 3.8) is 0 Å². The number of nitrogens with zero attached hydrogens (tertiary/aromatic N) is 1. The highest BCUT2D eigenvalue weighted by Crippen LogP contribution is 2.25. The Morgan fingerprint density at radius 1 is 1.53 bits per heavy atom. The zero-order chi connectivity index (χ0) is 13.0. The highest BCUT2D eigenvalue weighted by Gasteiger charge is 2.12. The fourth-order valence-electron chi connectivity index (χ4n) is 1.67. The van der Waals surface area contributed by atoms with Gasteiger partial charge in [0.05, 0.1) is 11.4 Å². The van der Waals surface area contributed by atoms with E-state index < -0.39 is 0 Å². The first-order chi connectivity index (χ1) is 8.01. The molecular formula is C13H21N3O. The Bertz CT molecular complexity index is 404. The predicted molar refractivity (Wildman–Crippen MR) is 72.4 cm³/mol. The van der Waals surface area contributed by atoms with Crippen LogP contribution in [0.5, 0.6) is 0 Å². The first kappa shape index (κ1) is 13.4. The standard InChI is InChI=1S/C13H21N3O/c1-5-9(2)16(4)12-7-6-10(8-11(12)14)13(17)15-3/h6-9H,5,14H2,1-4H3,(H,15,17). The van der Waals surface area contributed by atoms with Crippen molar-refractivity contribution in [3.8, 4) is 0 Å². The normalized spacial score (nSPS) is 12.0. The number of benzene rings is 1. The molecule has 0 saturated carbocycles. The van der Waals surface area contributed by atoms with E-state index in [1.807, 2.05) is 13.1 Å². The van der Waals surface area contributed by atoms with Gasteiger partial charge in [0.15, 0.2) is 0 Å². The van der Waals surface area contributed by atoms with Gasteiger partial charge in [-0.15, -0.1) is 0 Å². The summed E-state index contributed by atoms with van der Waals surface area (Å²) in [6.45, 7) is 4.28. The van der Waals surface area contributed by atoms with E-state index in [1.165, 1.54) is 0 Å². The molecular weight excluding hydrogens is 214 g/mol. The van der Waals surface area contributed by atoms with Crippen LogP contribution in [-0.4, -0.2) is 26.0 Å². The van der Waals surface area contributed by atoms with Crippen molar-refractivity contribution in [1.82, 2.24) is 5.32 Å². The fraction of sp³-hybridized carbons (Fsp3) is 0.462. The number of carbonyl (C=O) groups excluding carboxylic acids is 1. The maximum atomic E-state index is 11.5. The number of nitrogen functional groups attached to an aromatic ring is 1. The van der Waals surface area contributed by atoms with Crippen LogP contribution in [0, 0.1) is 0 Å². The fourth-order valence-corrected chi connectivity index (χ4v) is 1.67. The van der Waals surface area contributed by atoms with Crippen molar-refractivity contribution >= 4 is 17.3 Å². The van der Waals surface area contributed by atoms with Crippen LogP contribution in [0.4, 0.5) is 11.4 Å². The number of amides is 1. The third kappa shape index (κ3) is 2.90. The number of anilines is 2. The molecule has 94 valence electrons. The molecule has 0 aliphatic rings. The molecule has 0 aromatic heterocycles. The minimum Gasteiger partial charge on any atom is -0.397 e. The van der Waals surface area contributed by atoms with Gasteiger partial charge < -0.3 is 16.0 Å². The van der Waals surface area contributed by atoms with Crippen LogP contribution in [0.2, 0.25) is 0 Å². The molecule has 1 rings (SSSR count). The van der Waals surface area contributed by atoms with Crippen LogP contribution in [0.3, 0.4) is 0 Å². The summed E-state index contributed by atoms with van der Waals surface area (Å²) in [5.41, 5.74) is 8.17. The van der Waals surface area contributed by atoms with Gasteiger partial charge in [0, 0.05) is 25.7 Å². The molecule has 0 spiro atoms. The summed E-state index contributed by atoms with van der Waals surface area (Å²) in [6, 6.07) is 5.82. The first-order valence-electron chi connectivity index (χ1n) is 5.85. The van der Waals surface area contributed by atoms with Gasteiger partial charge in [-0.25, -0.2) is 0 Å². The van der Waals surface area contributed by atoms with Gasteiger partial charge in [0.2, 0.25) is 0 Å². The Morgan fingerprint density at radius 2 is 2.18 bits per heavy atom. The summed E-state index contributed by atoms with van der Waals surface area (Å²) in [5.74, 6) is -0.116. The minimum absolute atomic E-state index is 0.116. The smallest absolute Gasteiger partial charge is 0.251 e. The van der Waals surface area contributed by atoms with Gasteiger partial charge in [-0.3, -0.25) is 4.79 Å². The molecule has 0 aliphatic carbocycles. The summed E-state index contributed by atoms with van der Waals surface area (Å²) in [6.07, 6.45) is 1.05. The SMILES string of the molecule is CCC(C)N(C)c1ccc(C(=O)NC)cc1N. The van der Waals surface area contributed by atoms with Crippen LogP contribution in [-0.2, 0) is 0 Å². The number of rotatable bonds is 4. The first-order valence-corrected chi connectivity index (χ1v) is 5.85. The number of nitrogens with two attached hydrogens (primary N) is 1. The number of nitrogens with one attached hydrogen (secondary N) is 1. The minimum atomic E-state index is -0.116. The Labute approximate surface area is 103 Å². The Balaban J connectivity index is 3.01. The largest absolute Gasteiger partial charge is 0.397 e. The van der Waals surface area contributed by atoms with Crippen molar-refractivity contribution in [1.29, 1.82) is 0 Å². The Kier molecular flexibility index (Phi) is 4.37. The van der Waals surface area contributed by atoms with E-state index >= 15 is 0 Å². The van der Waals surface area contributed by atoms with E-state index in [-0.39, 0.29) is 5.91 Å². The molecule has 0 radical (unpaired) electrons. The topological polar surface area (TPSA) is 58.4 Å². The van der Waals surface area contributed by atoms with Crippen LogP contribution in [0.1, 0.15) is 30.6 Å². The number of hydrogen-bond acceptors (Lipinski definition) is 3. The molecule has 17 heavy (non-hydrogen) atoms. The highest BCUT2D eigenvalue weighted by molar-refractivity contribution is 5.96. The monoisotopic (exact) mass is 235 g/mol. The molecule has 0 fully saturated rings. The van der Waals surface area contributed by atoms with E-state index in [1.54, 1.807) is 19.2 Å². The molecule has 0 bridgehead atoms. The van der Waals surface area contributed by atoms with Gasteiger partial charge in [0.25, 0.3) is 5.91 Å². The van der Waals surface area contributed by atoms with Crippen molar-refractivity contribution in [2.75, 3.05) is 24.7 Å². The van der Waals surface area contributed by atoms with E-state index in [2.05, 4.69) is 24.1 Å². The lowest BCUT2D eigenvalue weighted by Crippen LogP contribution is -2.29. The third-order valence-electron chi connectivity index (χ3n) is 3.15. The molecule has 3 N–H and O–H groups in total. The molecule has 1 unspecified atom stereocenters. The molecule has 4 heteroatoms. The lowest BCUT2D eigenvalue weighted by atomic mass is 10.1. The Morgan fingerprint density at radius 3 is 2.65 bits per heavy atom. The maximum Gasteiger partial charge on any atom is 0.251 e. The zero-order valence-corrected chi connectivity index (χ0v) is 10.9. The van der Waals surface area contributed by atoms with Crippen molar-refractivity contribution in [2.45, 2.75) is 26.3 Å². The lowest BCUT2D eigenvalue weighted by molar-refractivity contribution is 0.0963. The summed E-state index contributed by atoms with van der Waals surface area (Å²) >= 11 is 0. The molecule has 0 heterocycles.